The van der Waals surface area contributed by atoms with Crippen LogP contribution in [0.3, 0.4) is 0 Å². The van der Waals surface area contributed by atoms with Gasteiger partial charge in [-0.3, -0.25) is 4.68 Å². The van der Waals surface area contributed by atoms with Crippen LogP contribution in [-0.4, -0.2) is 9.78 Å². The molecule has 1 heterocycles. The number of benzene rings is 1. The predicted octanol–water partition coefficient (Wildman–Crippen LogP) is 2.15. The second kappa shape index (κ2) is 4.58. The number of nitrogens with two attached hydrogens (primary N) is 1. The lowest BCUT2D eigenvalue weighted by atomic mass is 10.00. The van der Waals surface area contributed by atoms with E-state index in [1.54, 1.807) is 6.20 Å². The molecule has 0 saturated heterocycles. The van der Waals surface area contributed by atoms with Crippen molar-refractivity contribution in [1.29, 1.82) is 0 Å². The van der Waals surface area contributed by atoms with Gasteiger partial charge in [0.25, 0.3) is 0 Å². The molecule has 3 heteroatoms. The largest absolute Gasteiger partial charge is 0.322 e. The molecule has 0 bridgehead atoms. The zero-order valence-electron chi connectivity index (χ0n) is 10.8. The molecular formula is C15H19N3. The van der Waals surface area contributed by atoms with Gasteiger partial charge in [-0.15, -0.1) is 0 Å². The van der Waals surface area contributed by atoms with Crippen LogP contribution in [0, 0.1) is 0 Å². The summed E-state index contributed by atoms with van der Waals surface area (Å²) in [7, 11) is 1.94. The predicted molar refractivity (Wildman–Crippen MR) is 72.3 cm³/mol. The average Bonchev–Trinajstić information content (AvgIpc) is 2.96. The molecule has 0 radical (unpaired) electrons. The summed E-state index contributed by atoms with van der Waals surface area (Å²) in [4.78, 5) is 0. The summed E-state index contributed by atoms with van der Waals surface area (Å²) in [6.07, 6.45) is 6.45. The van der Waals surface area contributed by atoms with E-state index < -0.39 is 0 Å². The van der Waals surface area contributed by atoms with Gasteiger partial charge < -0.3 is 5.73 Å². The Hall–Kier alpha value is -1.61. The first-order valence-corrected chi connectivity index (χ1v) is 6.58. The second-order valence-corrected chi connectivity index (χ2v) is 5.15. The van der Waals surface area contributed by atoms with Crippen molar-refractivity contribution in [2.45, 2.75) is 31.7 Å². The molecule has 3 rings (SSSR count). The standard InChI is InChI=1S/C15H19N3/c1-18-15(7-8-17-18)14(16)10-11-5-6-12-3-2-4-13(12)9-11/h5-9,14H,2-4,10,16H2,1H3. The molecule has 0 spiro atoms. The van der Waals surface area contributed by atoms with Gasteiger partial charge in [-0.1, -0.05) is 18.2 Å². The molecule has 0 fully saturated rings. The van der Waals surface area contributed by atoms with E-state index in [-0.39, 0.29) is 6.04 Å². The van der Waals surface area contributed by atoms with Gasteiger partial charge in [-0.25, -0.2) is 0 Å². The number of aromatic nitrogens is 2. The van der Waals surface area contributed by atoms with Crippen LogP contribution in [0.25, 0.3) is 0 Å². The van der Waals surface area contributed by atoms with Crippen LogP contribution in [0.5, 0.6) is 0 Å². The highest BCUT2D eigenvalue weighted by Crippen LogP contribution is 2.24. The molecule has 2 N–H and O–H groups in total. The van der Waals surface area contributed by atoms with E-state index in [9.17, 15) is 0 Å². The van der Waals surface area contributed by atoms with Gasteiger partial charge in [0.1, 0.15) is 0 Å². The van der Waals surface area contributed by atoms with Gasteiger partial charge in [0.15, 0.2) is 0 Å². The lowest BCUT2D eigenvalue weighted by molar-refractivity contribution is 0.617. The first-order chi connectivity index (χ1) is 8.74. The van der Waals surface area contributed by atoms with E-state index in [1.807, 2.05) is 17.8 Å². The fourth-order valence-corrected chi connectivity index (χ4v) is 2.86. The third-order valence-electron chi connectivity index (χ3n) is 3.86. The van der Waals surface area contributed by atoms with Gasteiger partial charge in [0.05, 0.1) is 11.7 Å². The van der Waals surface area contributed by atoms with Gasteiger partial charge >= 0.3 is 0 Å². The monoisotopic (exact) mass is 241 g/mol. The topological polar surface area (TPSA) is 43.8 Å². The molecule has 1 aromatic heterocycles. The van der Waals surface area contributed by atoms with Gasteiger partial charge in [0, 0.05) is 13.2 Å². The van der Waals surface area contributed by atoms with Crippen molar-refractivity contribution in [3.05, 3.63) is 52.8 Å². The third kappa shape index (κ3) is 2.06. The second-order valence-electron chi connectivity index (χ2n) is 5.15. The lowest BCUT2D eigenvalue weighted by Gasteiger charge is -2.13. The number of hydrogen-bond donors (Lipinski definition) is 1. The van der Waals surface area contributed by atoms with Crippen molar-refractivity contribution in [2.24, 2.45) is 12.8 Å². The van der Waals surface area contributed by atoms with E-state index in [4.69, 9.17) is 5.73 Å². The smallest absolute Gasteiger partial charge is 0.0551 e. The van der Waals surface area contributed by atoms with Crippen LogP contribution < -0.4 is 5.73 Å². The molecule has 1 atom stereocenters. The van der Waals surface area contributed by atoms with Crippen molar-refractivity contribution in [3.63, 3.8) is 0 Å². The summed E-state index contributed by atoms with van der Waals surface area (Å²) in [5.74, 6) is 0. The maximum atomic E-state index is 6.26. The fourth-order valence-electron chi connectivity index (χ4n) is 2.86. The maximum Gasteiger partial charge on any atom is 0.0551 e. The van der Waals surface area contributed by atoms with E-state index >= 15 is 0 Å². The Kier molecular flexibility index (Phi) is 2.92. The zero-order chi connectivity index (χ0) is 12.5. The minimum atomic E-state index is 0.0250. The summed E-state index contributed by atoms with van der Waals surface area (Å²) < 4.78 is 1.86. The summed E-state index contributed by atoms with van der Waals surface area (Å²) in [5, 5.41) is 4.17. The molecule has 1 aliphatic carbocycles. The minimum absolute atomic E-state index is 0.0250. The highest BCUT2D eigenvalue weighted by Gasteiger charge is 2.14. The normalized spacial score (nSPS) is 15.7. The molecule has 3 nitrogen and oxygen atoms in total. The Morgan fingerprint density at radius 3 is 2.89 bits per heavy atom. The first kappa shape index (κ1) is 11.5. The summed E-state index contributed by atoms with van der Waals surface area (Å²) >= 11 is 0. The number of rotatable bonds is 3. The third-order valence-corrected chi connectivity index (χ3v) is 3.86. The molecule has 18 heavy (non-hydrogen) atoms. The Bertz CT molecular complexity index is 557. The molecule has 1 aromatic carbocycles. The van der Waals surface area contributed by atoms with Crippen LogP contribution in [0.15, 0.2) is 30.5 Å². The van der Waals surface area contributed by atoms with Crippen LogP contribution in [0.4, 0.5) is 0 Å². The Morgan fingerprint density at radius 2 is 2.11 bits per heavy atom. The molecule has 2 aromatic rings. The van der Waals surface area contributed by atoms with Crippen molar-refractivity contribution in [3.8, 4) is 0 Å². The highest BCUT2D eigenvalue weighted by atomic mass is 15.3. The van der Waals surface area contributed by atoms with Gasteiger partial charge in [-0.2, -0.15) is 5.10 Å². The quantitative estimate of drug-likeness (QED) is 0.895. The van der Waals surface area contributed by atoms with Crippen LogP contribution in [0.2, 0.25) is 0 Å². The van der Waals surface area contributed by atoms with Crippen molar-refractivity contribution in [2.75, 3.05) is 0 Å². The fraction of sp³-hybridized carbons (Fsp3) is 0.400. The minimum Gasteiger partial charge on any atom is -0.322 e. The van der Waals surface area contributed by atoms with Crippen molar-refractivity contribution in [1.82, 2.24) is 9.78 Å². The molecule has 1 aliphatic rings. The lowest BCUT2D eigenvalue weighted by Crippen LogP contribution is -2.17. The first-order valence-electron chi connectivity index (χ1n) is 6.58. The number of nitrogens with zero attached hydrogens (tertiary/aromatic N) is 2. The molecular weight excluding hydrogens is 222 g/mol. The van der Waals surface area contributed by atoms with E-state index in [2.05, 4.69) is 23.3 Å². The Morgan fingerprint density at radius 1 is 1.28 bits per heavy atom. The Labute approximate surface area is 108 Å². The van der Waals surface area contributed by atoms with Crippen molar-refractivity contribution < 1.29 is 0 Å². The van der Waals surface area contributed by atoms with Crippen LogP contribution in [-0.2, 0) is 26.3 Å². The molecule has 0 aliphatic heterocycles. The van der Waals surface area contributed by atoms with Crippen molar-refractivity contribution >= 4 is 0 Å². The number of hydrogen-bond acceptors (Lipinski definition) is 2. The SMILES string of the molecule is Cn1nccc1C(N)Cc1ccc2c(c1)CCC2. The average molecular weight is 241 g/mol. The van der Waals surface area contributed by atoms with Crippen LogP contribution >= 0.6 is 0 Å². The van der Waals surface area contributed by atoms with Gasteiger partial charge in [-0.05, 0) is 48.4 Å². The number of fused-ring (bicyclic) bond motifs is 1. The van der Waals surface area contributed by atoms with Crippen LogP contribution in [0.1, 0.15) is 34.8 Å². The van der Waals surface area contributed by atoms with E-state index in [0.29, 0.717) is 0 Å². The summed E-state index contributed by atoms with van der Waals surface area (Å²) in [5.41, 5.74) is 11.7. The highest BCUT2D eigenvalue weighted by molar-refractivity contribution is 5.35. The zero-order valence-corrected chi connectivity index (χ0v) is 10.8. The molecule has 0 saturated carbocycles. The molecule has 0 amide bonds. The molecule has 1 unspecified atom stereocenters. The maximum absolute atomic E-state index is 6.26. The van der Waals surface area contributed by atoms with E-state index in [0.717, 1.165) is 12.1 Å². The summed E-state index contributed by atoms with van der Waals surface area (Å²) in [6, 6.07) is 8.85. The number of aryl methyl sites for hydroxylation is 3. The van der Waals surface area contributed by atoms with Gasteiger partial charge in [0.2, 0.25) is 0 Å². The summed E-state index contributed by atoms with van der Waals surface area (Å²) in [6.45, 7) is 0. The van der Waals surface area contributed by atoms with E-state index in [1.165, 1.54) is 36.0 Å². The molecule has 94 valence electrons. The Balaban J connectivity index is 1.79.